The SMILES string of the molecule is CNC(=O)/C(=N/OC)c1cccc(C)c1CO/N=C(\C)c1ccccc1Br. The topological polar surface area (TPSA) is 72.3 Å². The van der Waals surface area contributed by atoms with Crippen molar-refractivity contribution in [2.75, 3.05) is 14.2 Å². The number of likely N-dealkylation sites (N-methyl/N-ethyl adjacent to an activating group) is 1. The van der Waals surface area contributed by atoms with Gasteiger partial charge in [0.25, 0.3) is 5.91 Å². The highest BCUT2D eigenvalue weighted by Crippen LogP contribution is 2.19. The fourth-order valence-corrected chi connectivity index (χ4v) is 3.11. The number of amides is 1. The molecule has 0 radical (unpaired) electrons. The first-order valence-electron chi connectivity index (χ1n) is 8.33. The van der Waals surface area contributed by atoms with Gasteiger partial charge in [0.15, 0.2) is 5.71 Å². The molecule has 0 aliphatic rings. The van der Waals surface area contributed by atoms with Crippen LogP contribution in [-0.4, -0.2) is 31.5 Å². The third-order valence-electron chi connectivity index (χ3n) is 3.96. The van der Waals surface area contributed by atoms with Gasteiger partial charge in [0.1, 0.15) is 13.7 Å². The van der Waals surface area contributed by atoms with Crippen LogP contribution >= 0.6 is 15.9 Å². The molecule has 0 atom stereocenters. The second-order valence-electron chi connectivity index (χ2n) is 5.73. The molecule has 7 heteroatoms. The van der Waals surface area contributed by atoms with E-state index in [1.54, 1.807) is 7.05 Å². The summed E-state index contributed by atoms with van der Waals surface area (Å²) >= 11 is 3.51. The maximum absolute atomic E-state index is 12.2. The average Bonchev–Trinajstić information content (AvgIpc) is 2.67. The summed E-state index contributed by atoms with van der Waals surface area (Å²) in [4.78, 5) is 22.6. The first-order chi connectivity index (χ1) is 13.0. The van der Waals surface area contributed by atoms with Gasteiger partial charge in [-0.05, 0) is 25.5 Å². The zero-order valence-corrected chi connectivity index (χ0v) is 17.3. The Morgan fingerprint density at radius 1 is 1.11 bits per heavy atom. The number of nitrogens with zero attached hydrogens (tertiary/aromatic N) is 2. The van der Waals surface area contributed by atoms with E-state index in [1.165, 1.54) is 7.11 Å². The van der Waals surface area contributed by atoms with Gasteiger partial charge in [-0.2, -0.15) is 0 Å². The third kappa shape index (κ3) is 5.17. The van der Waals surface area contributed by atoms with Crippen molar-refractivity contribution in [3.05, 3.63) is 69.2 Å². The molecule has 0 saturated heterocycles. The molecule has 142 valence electrons. The normalized spacial score (nSPS) is 11.9. The largest absolute Gasteiger partial charge is 0.398 e. The molecular weight excluding hydrogens is 410 g/mol. The van der Waals surface area contributed by atoms with Gasteiger partial charge in [0.05, 0.1) is 5.71 Å². The van der Waals surface area contributed by atoms with Crippen LogP contribution in [0.3, 0.4) is 0 Å². The summed E-state index contributed by atoms with van der Waals surface area (Å²) in [5.41, 5.74) is 4.32. The molecule has 0 spiro atoms. The Labute approximate surface area is 167 Å². The van der Waals surface area contributed by atoms with E-state index < -0.39 is 0 Å². The van der Waals surface area contributed by atoms with Crippen molar-refractivity contribution in [2.45, 2.75) is 20.5 Å². The molecule has 0 aliphatic heterocycles. The predicted molar refractivity (Wildman–Crippen MR) is 110 cm³/mol. The molecule has 6 nitrogen and oxygen atoms in total. The highest BCUT2D eigenvalue weighted by molar-refractivity contribution is 9.10. The average molecular weight is 432 g/mol. The predicted octanol–water partition coefficient (Wildman–Crippen LogP) is 3.79. The quantitative estimate of drug-likeness (QED) is 0.535. The first kappa shape index (κ1) is 20.6. The molecule has 27 heavy (non-hydrogen) atoms. The summed E-state index contributed by atoms with van der Waals surface area (Å²) in [7, 11) is 2.95. The van der Waals surface area contributed by atoms with E-state index in [0.717, 1.165) is 26.9 Å². The van der Waals surface area contributed by atoms with Crippen LogP contribution < -0.4 is 5.32 Å². The van der Waals surface area contributed by atoms with Gasteiger partial charge < -0.3 is 15.0 Å². The second kappa shape index (κ2) is 9.87. The van der Waals surface area contributed by atoms with Crippen molar-refractivity contribution in [3.8, 4) is 0 Å². The molecule has 0 fully saturated rings. The molecule has 0 bridgehead atoms. The van der Waals surface area contributed by atoms with Crippen molar-refractivity contribution in [3.63, 3.8) is 0 Å². The summed E-state index contributed by atoms with van der Waals surface area (Å²) in [6.07, 6.45) is 0. The van der Waals surface area contributed by atoms with E-state index in [4.69, 9.17) is 9.68 Å². The number of rotatable bonds is 7. The van der Waals surface area contributed by atoms with Crippen molar-refractivity contribution >= 4 is 33.3 Å². The molecule has 0 saturated carbocycles. The Balaban J connectivity index is 2.29. The molecular formula is C20H22BrN3O3. The van der Waals surface area contributed by atoms with Gasteiger partial charge in [-0.15, -0.1) is 0 Å². The van der Waals surface area contributed by atoms with Gasteiger partial charge in [0.2, 0.25) is 0 Å². The van der Waals surface area contributed by atoms with Gasteiger partial charge in [-0.3, -0.25) is 4.79 Å². The molecule has 0 aliphatic carbocycles. The number of hydrogen-bond donors (Lipinski definition) is 1. The summed E-state index contributed by atoms with van der Waals surface area (Å²) in [5, 5.41) is 10.7. The Morgan fingerprint density at radius 3 is 2.48 bits per heavy atom. The number of carbonyl (C=O) groups is 1. The van der Waals surface area contributed by atoms with E-state index >= 15 is 0 Å². The Kier molecular flexibility index (Phi) is 7.55. The van der Waals surface area contributed by atoms with Gasteiger partial charge in [0, 0.05) is 28.2 Å². The lowest BCUT2D eigenvalue weighted by molar-refractivity contribution is -0.114. The van der Waals surface area contributed by atoms with Crippen LogP contribution in [0.4, 0.5) is 0 Å². The van der Waals surface area contributed by atoms with Crippen molar-refractivity contribution < 1.29 is 14.5 Å². The number of nitrogens with one attached hydrogen (secondary N) is 1. The molecule has 2 rings (SSSR count). The zero-order valence-electron chi connectivity index (χ0n) is 15.7. The van der Waals surface area contributed by atoms with Crippen LogP contribution in [0.5, 0.6) is 0 Å². The van der Waals surface area contributed by atoms with Crippen LogP contribution in [-0.2, 0) is 21.1 Å². The Morgan fingerprint density at radius 2 is 1.81 bits per heavy atom. The second-order valence-corrected chi connectivity index (χ2v) is 6.59. The number of benzene rings is 2. The van der Waals surface area contributed by atoms with Crippen molar-refractivity contribution in [1.82, 2.24) is 5.32 Å². The number of carbonyl (C=O) groups excluding carboxylic acids is 1. The summed E-state index contributed by atoms with van der Waals surface area (Å²) in [6.45, 7) is 4.02. The van der Waals surface area contributed by atoms with Crippen molar-refractivity contribution in [1.29, 1.82) is 0 Å². The Bertz CT molecular complexity index is 879. The minimum absolute atomic E-state index is 0.189. The molecule has 1 N–H and O–H groups in total. The smallest absolute Gasteiger partial charge is 0.273 e. The first-order valence-corrected chi connectivity index (χ1v) is 9.12. The fraction of sp³-hybridized carbons (Fsp3) is 0.250. The lowest BCUT2D eigenvalue weighted by Crippen LogP contribution is -2.29. The van der Waals surface area contributed by atoms with Crippen LogP contribution in [0, 0.1) is 6.92 Å². The van der Waals surface area contributed by atoms with Gasteiger partial charge in [-0.25, -0.2) is 0 Å². The van der Waals surface area contributed by atoms with E-state index in [2.05, 4.69) is 31.6 Å². The molecule has 2 aromatic rings. The van der Waals surface area contributed by atoms with E-state index in [0.29, 0.717) is 5.56 Å². The van der Waals surface area contributed by atoms with E-state index in [1.807, 2.05) is 56.3 Å². The summed E-state index contributed by atoms with van der Waals surface area (Å²) in [6, 6.07) is 13.4. The lowest BCUT2D eigenvalue weighted by Gasteiger charge is -2.13. The number of aryl methyl sites for hydroxylation is 1. The van der Waals surface area contributed by atoms with Crippen LogP contribution in [0.15, 0.2) is 57.2 Å². The minimum atomic E-state index is -0.336. The van der Waals surface area contributed by atoms with Crippen LogP contribution in [0.2, 0.25) is 0 Å². The molecule has 0 aromatic heterocycles. The van der Waals surface area contributed by atoms with Crippen LogP contribution in [0.25, 0.3) is 0 Å². The summed E-state index contributed by atoms with van der Waals surface area (Å²) < 4.78 is 0.945. The number of halogens is 1. The van der Waals surface area contributed by atoms with Crippen LogP contribution in [0.1, 0.15) is 29.2 Å². The third-order valence-corrected chi connectivity index (χ3v) is 4.66. The van der Waals surface area contributed by atoms with Gasteiger partial charge in [-0.1, -0.05) is 62.6 Å². The fourth-order valence-electron chi connectivity index (χ4n) is 2.54. The number of oxime groups is 2. The highest BCUT2D eigenvalue weighted by atomic mass is 79.9. The number of hydrogen-bond acceptors (Lipinski definition) is 5. The molecule has 0 heterocycles. The lowest BCUT2D eigenvalue weighted by atomic mass is 9.98. The zero-order chi connectivity index (χ0) is 19.8. The van der Waals surface area contributed by atoms with Gasteiger partial charge >= 0.3 is 0 Å². The van der Waals surface area contributed by atoms with E-state index in [-0.39, 0.29) is 18.2 Å². The van der Waals surface area contributed by atoms with E-state index in [9.17, 15) is 4.79 Å². The molecule has 1 amide bonds. The van der Waals surface area contributed by atoms with Crippen molar-refractivity contribution in [2.24, 2.45) is 10.3 Å². The Hall–Kier alpha value is -2.67. The highest BCUT2D eigenvalue weighted by Gasteiger charge is 2.19. The standard InChI is InChI=1S/C20H22BrN3O3/c1-13-8-7-10-16(19(24-26-4)20(25)22-3)17(13)12-27-23-14(2)15-9-5-6-11-18(15)21/h5-11H,12H2,1-4H3,(H,22,25)/b23-14+,24-19+. The maximum atomic E-state index is 12.2. The maximum Gasteiger partial charge on any atom is 0.273 e. The molecule has 0 unspecified atom stereocenters. The molecule has 2 aromatic carbocycles. The minimum Gasteiger partial charge on any atom is -0.398 e. The monoisotopic (exact) mass is 431 g/mol. The summed E-state index contributed by atoms with van der Waals surface area (Å²) in [5.74, 6) is -0.336.